The SMILES string of the molecule is COC(=O)C1(NC(=O)Cc2cc(-c3ccc(Cl)cc3)ccc2C)CCCC(C(F)(F)F)C1. The molecular formula is C24H25ClF3NO3. The number of aryl methyl sites for hydroxylation is 1. The predicted octanol–water partition coefficient (Wildman–Crippen LogP) is 5.64. The Kier molecular flexibility index (Phi) is 7.18. The van der Waals surface area contributed by atoms with Crippen LogP contribution >= 0.6 is 11.6 Å². The number of nitrogens with one attached hydrogen (secondary N) is 1. The molecule has 1 aliphatic carbocycles. The molecular weight excluding hydrogens is 443 g/mol. The van der Waals surface area contributed by atoms with E-state index < -0.39 is 35.9 Å². The lowest BCUT2D eigenvalue weighted by molar-refractivity contribution is -0.192. The molecule has 2 unspecified atom stereocenters. The van der Waals surface area contributed by atoms with Gasteiger partial charge in [0.15, 0.2) is 0 Å². The Bertz CT molecular complexity index is 991. The van der Waals surface area contributed by atoms with Gasteiger partial charge in [0, 0.05) is 5.02 Å². The number of halogens is 4. The monoisotopic (exact) mass is 467 g/mol. The van der Waals surface area contributed by atoms with Crippen molar-refractivity contribution in [2.45, 2.75) is 50.7 Å². The van der Waals surface area contributed by atoms with E-state index in [0.717, 1.165) is 29.4 Å². The number of carbonyl (C=O) groups is 2. The molecule has 1 amide bonds. The Hall–Kier alpha value is -2.54. The van der Waals surface area contributed by atoms with Gasteiger partial charge < -0.3 is 10.1 Å². The second-order valence-corrected chi connectivity index (χ2v) is 8.72. The zero-order valence-corrected chi connectivity index (χ0v) is 18.6. The molecule has 1 N–H and O–H groups in total. The molecule has 8 heteroatoms. The van der Waals surface area contributed by atoms with Crippen molar-refractivity contribution < 1.29 is 27.5 Å². The number of rotatable bonds is 5. The summed E-state index contributed by atoms with van der Waals surface area (Å²) in [5.41, 5.74) is 1.71. The quantitative estimate of drug-likeness (QED) is 0.579. The summed E-state index contributed by atoms with van der Waals surface area (Å²) in [5, 5.41) is 3.21. The van der Waals surface area contributed by atoms with Crippen molar-refractivity contribution >= 4 is 23.5 Å². The summed E-state index contributed by atoms with van der Waals surface area (Å²) in [5.74, 6) is -3.02. The van der Waals surface area contributed by atoms with Crippen LogP contribution in [0.5, 0.6) is 0 Å². The van der Waals surface area contributed by atoms with Gasteiger partial charge in [0.05, 0.1) is 19.4 Å². The van der Waals surface area contributed by atoms with E-state index >= 15 is 0 Å². The van der Waals surface area contributed by atoms with Gasteiger partial charge in [0.1, 0.15) is 5.54 Å². The first-order valence-corrected chi connectivity index (χ1v) is 10.7. The minimum atomic E-state index is -4.44. The Balaban J connectivity index is 1.81. The summed E-state index contributed by atoms with van der Waals surface area (Å²) in [4.78, 5) is 25.4. The molecule has 1 fully saturated rings. The van der Waals surface area contributed by atoms with Gasteiger partial charge in [-0.2, -0.15) is 13.2 Å². The van der Waals surface area contributed by atoms with E-state index in [4.69, 9.17) is 16.3 Å². The fourth-order valence-electron chi connectivity index (χ4n) is 4.27. The van der Waals surface area contributed by atoms with Crippen molar-refractivity contribution in [1.29, 1.82) is 0 Å². The zero-order valence-electron chi connectivity index (χ0n) is 17.9. The van der Waals surface area contributed by atoms with Gasteiger partial charge in [0.25, 0.3) is 0 Å². The lowest BCUT2D eigenvalue weighted by Crippen LogP contribution is -2.59. The molecule has 3 rings (SSSR count). The molecule has 2 aromatic carbocycles. The van der Waals surface area contributed by atoms with E-state index in [-0.39, 0.29) is 25.7 Å². The van der Waals surface area contributed by atoms with Gasteiger partial charge in [-0.25, -0.2) is 4.79 Å². The molecule has 172 valence electrons. The van der Waals surface area contributed by atoms with Crippen LogP contribution in [0.3, 0.4) is 0 Å². The third-order valence-corrected chi connectivity index (χ3v) is 6.30. The van der Waals surface area contributed by atoms with Crippen molar-refractivity contribution in [2.75, 3.05) is 7.11 Å². The zero-order chi connectivity index (χ0) is 23.5. The Morgan fingerprint density at radius 1 is 1.16 bits per heavy atom. The highest BCUT2D eigenvalue weighted by Crippen LogP contribution is 2.42. The molecule has 0 bridgehead atoms. The average Bonchev–Trinajstić information content (AvgIpc) is 2.74. The van der Waals surface area contributed by atoms with Gasteiger partial charge in [-0.1, -0.05) is 41.9 Å². The summed E-state index contributed by atoms with van der Waals surface area (Å²) in [7, 11) is 1.12. The number of esters is 1. The third-order valence-electron chi connectivity index (χ3n) is 6.05. The molecule has 0 aliphatic heterocycles. The van der Waals surface area contributed by atoms with Gasteiger partial charge >= 0.3 is 12.1 Å². The van der Waals surface area contributed by atoms with Gasteiger partial charge in [0.2, 0.25) is 5.91 Å². The molecule has 0 heterocycles. The van der Waals surface area contributed by atoms with Crippen LogP contribution in [-0.4, -0.2) is 30.7 Å². The fraction of sp³-hybridized carbons (Fsp3) is 0.417. The van der Waals surface area contributed by atoms with E-state index in [2.05, 4.69) is 5.32 Å². The van der Waals surface area contributed by atoms with Crippen molar-refractivity contribution in [3.63, 3.8) is 0 Å². The average molecular weight is 468 g/mol. The van der Waals surface area contributed by atoms with Crippen molar-refractivity contribution in [3.05, 3.63) is 58.6 Å². The number of benzene rings is 2. The lowest BCUT2D eigenvalue weighted by atomic mass is 9.75. The van der Waals surface area contributed by atoms with E-state index in [1.54, 1.807) is 12.1 Å². The minimum Gasteiger partial charge on any atom is -0.467 e. The maximum atomic E-state index is 13.3. The van der Waals surface area contributed by atoms with Gasteiger partial charge in [-0.3, -0.25) is 4.79 Å². The number of amides is 1. The number of hydrogen-bond donors (Lipinski definition) is 1. The van der Waals surface area contributed by atoms with Crippen molar-refractivity contribution in [3.8, 4) is 11.1 Å². The van der Waals surface area contributed by atoms with E-state index in [9.17, 15) is 22.8 Å². The van der Waals surface area contributed by atoms with Gasteiger partial charge in [-0.05, 0) is 67.0 Å². The number of ether oxygens (including phenoxy) is 1. The smallest absolute Gasteiger partial charge is 0.391 e. The second kappa shape index (κ2) is 9.53. The first-order chi connectivity index (χ1) is 15.0. The highest BCUT2D eigenvalue weighted by atomic mass is 35.5. The molecule has 0 saturated heterocycles. The molecule has 2 aromatic rings. The summed E-state index contributed by atoms with van der Waals surface area (Å²) in [6.45, 7) is 1.85. The van der Waals surface area contributed by atoms with Crippen LogP contribution in [0.2, 0.25) is 5.02 Å². The molecule has 1 saturated carbocycles. The summed E-state index contributed by atoms with van der Waals surface area (Å²) < 4.78 is 44.8. The maximum absolute atomic E-state index is 13.3. The van der Waals surface area contributed by atoms with Crippen LogP contribution in [0, 0.1) is 12.8 Å². The van der Waals surface area contributed by atoms with Crippen LogP contribution in [0.1, 0.15) is 36.8 Å². The molecule has 0 aromatic heterocycles. The van der Waals surface area contributed by atoms with Crippen LogP contribution in [0.4, 0.5) is 13.2 Å². The summed E-state index contributed by atoms with van der Waals surface area (Å²) >= 11 is 5.94. The summed E-state index contributed by atoms with van der Waals surface area (Å²) in [6.07, 6.45) is -4.80. The Morgan fingerprint density at radius 2 is 1.81 bits per heavy atom. The number of carbonyl (C=O) groups excluding carboxylic acids is 2. The first-order valence-electron chi connectivity index (χ1n) is 10.4. The van der Waals surface area contributed by atoms with Crippen molar-refractivity contribution in [2.24, 2.45) is 5.92 Å². The highest BCUT2D eigenvalue weighted by molar-refractivity contribution is 6.30. The molecule has 0 radical (unpaired) electrons. The Morgan fingerprint density at radius 3 is 2.44 bits per heavy atom. The predicted molar refractivity (Wildman–Crippen MR) is 116 cm³/mol. The molecule has 4 nitrogen and oxygen atoms in total. The molecule has 1 aliphatic rings. The first kappa shape index (κ1) is 24.1. The highest BCUT2D eigenvalue weighted by Gasteiger charge is 2.52. The van der Waals surface area contributed by atoms with Gasteiger partial charge in [-0.15, -0.1) is 0 Å². The van der Waals surface area contributed by atoms with Crippen LogP contribution in [-0.2, 0) is 20.7 Å². The lowest BCUT2D eigenvalue weighted by Gasteiger charge is -2.39. The molecule has 0 spiro atoms. The topological polar surface area (TPSA) is 55.4 Å². The standard InChI is InChI=1S/C24H25ClF3NO3/c1-15-5-6-17(16-7-9-20(25)10-8-16)12-18(15)13-21(30)29-23(22(31)32-2)11-3-4-19(14-23)24(26,27)28/h5-10,12,19H,3-4,11,13-14H2,1-2H3,(H,29,30). The van der Waals surface area contributed by atoms with Crippen molar-refractivity contribution in [1.82, 2.24) is 5.32 Å². The minimum absolute atomic E-state index is 0.0668. The van der Waals surface area contributed by atoms with Crippen LogP contribution in [0.25, 0.3) is 11.1 Å². The second-order valence-electron chi connectivity index (χ2n) is 8.28. The maximum Gasteiger partial charge on any atom is 0.391 e. The van der Waals surface area contributed by atoms with E-state index in [0.29, 0.717) is 5.02 Å². The van der Waals surface area contributed by atoms with Crippen LogP contribution in [0.15, 0.2) is 42.5 Å². The number of hydrogen-bond acceptors (Lipinski definition) is 3. The Labute approximate surface area is 190 Å². The molecule has 32 heavy (non-hydrogen) atoms. The van der Waals surface area contributed by atoms with E-state index in [1.807, 2.05) is 37.3 Å². The van der Waals surface area contributed by atoms with E-state index in [1.165, 1.54) is 0 Å². The van der Waals surface area contributed by atoms with Crippen LogP contribution < -0.4 is 5.32 Å². The third kappa shape index (κ3) is 5.44. The number of methoxy groups -OCH3 is 1. The summed E-state index contributed by atoms with van der Waals surface area (Å²) in [6, 6.07) is 12.9. The fourth-order valence-corrected chi connectivity index (χ4v) is 4.39. The largest absolute Gasteiger partial charge is 0.467 e. The number of alkyl halides is 3. The normalized spacial score (nSPS) is 21.1. The molecule has 2 atom stereocenters.